The topological polar surface area (TPSA) is 57.5 Å². The molecule has 3 nitrogen and oxygen atoms in total. The molecule has 0 aromatic heterocycles. The third-order valence-electron chi connectivity index (χ3n) is 4.09. The summed E-state index contributed by atoms with van der Waals surface area (Å²) >= 11 is 0. The van der Waals surface area contributed by atoms with Gasteiger partial charge < -0.3 is 10.2 Å². The highest BCUT2D eigenvalue weighted by Gasteiger charge is 2.45. The number of ketones is 1. The van der Waals surface area contributed by atoms with Gasteiger partial charge in [0.15, 0.2) is 12.1 Å². The zero-order valence-electron chi connectivity index (χ0n) is 12.0. The quantitative estimate of drug-likeness (QED) is 0.784. The summed E-state index contributed by atoms with van der Waals surface area (Å²) in [5.74, 6) is -0.596. The minimum atomic E-state index is -4.82. The van der Waals surface area contributed by atoms with E-state index in [2.05, 4.69) is 0 Å². The van der Waals surface area contributed by atoms with Crippen LogP contribution in [0.1, 0.15) is 59.2 Å². The van der Waals surface area contributed by atoms with Crippen molar-refractivity contribution in [3.05, 3.63) is 33.9 Å². The van der Waals surface area contributed by atoms with E-state index in [0.29, 0.717) is 24.0 Å². The van der Waals surface area contributed by atoms with Crippen molar-refractivity contribution >= 4 is 5.78 Å². The van der Waals surface area contributed by atoms with Gasteiger partial charge in [0.05, 0.1) is 5.56 Å². The molecule has 21 heavy (non-hydrogen) atoms. The van der Waals surface area contributed by atoms with Crippen molar-refractivity contribution in [3.8, 4) is 0 Å². The molecule has 0 radical (unpaired) electrons. The van der Waals surface area contributed by atoms with Gasteiger partial charge in [-0.25, -0.2) is 0 Å². The lowest BCUT2D eigenvalue weighted by Crippen LogP contribution is -2.34. The number of halogens is 3. The summed E-state index contributed by atoms with van der Waals surface area (Å²) in [5.41, 5.74) is -2.33. The predicted octanol–water partition coefficient (Wildman–Crippen LogP) is 3.15. The number of aliphatic hydroxyl groups is 2. The maximum atomic E-state index is 13.4. The van der Waals surface area contributed by atoms with Crippen molar-refractivity contribution in [3.63, 3.8) is 0 Å². The van der Waals surface area contributed by atoms with Crippen LogP contribution in [0.4, 0.5) is 13.2 Å². The number of aliphatic hydroxyl groups excluding tert-OH is 1. The maximum absolute atomic E-state index is 13.4. The third-order valence-corrected chi connectivity index (χ3v) is 4.09. The van der Waals surface area contributed by atoms with Crippen LogP contribution in [0.2, 0.25) is 0 Å². The number of aryl methyl sites for hydroxylation is 1. The molecule has 6 heteroatoms. The highest BCUT2D eigenvalue weighted by atomic mass is 19.4. The van der Waals surface area contributed by atoms with E-state index >= 15 is 0 Å². The molecule has 0 aliphatic heterocycles. The zero-order chi connectivity index (χ0) is 16.2. The molecule has 116 valence electrons. The van der Waals surface area contributed by atoms with E-state index in [4.69, 9.17) is 0 Å². The van der Waals surface area contributed by atoms with E-state index in [1.54, 1.807) is 20.8 Å². The van der Waals surface area contributed by atoms with Crippen LogP contribution in [0.15, 0.2) is 6.07 Å². The molecule has 1 aromatic rings. The SMILES string of the molecule is Cc1cc(C(O)O)c(C(F)(F)F)c2c1CCC(C)(C)C2=O. The number of carbonyl (C=O) groups excluding carboxylic acids is 1. The molecule has 0 spiro atoms. The van der Waals surface area contributed by atoms with Crippen molar-refractivity contribution in [1.29, 1.82) is 0 Å². The molecule has 1 aromatic carbocycles. The van der Waals surface area contributed by atoms with E-state index in [1.165, 1.54) is 0 Å². The van der Waals surface area contributed by atoms with E-state index < -0.39 is 40.4 Å². The molecule has 0 heterocycles. The number of carbonyl (C=O) groups is 1. The van der Waals surface area contributed by atoms with E-state index in [0.717, 1.165) is 6.07 Å². The van der Waals surface area contributed by atoms with Crippen LogP contribution in [0.3, 0.4) is 0 Å². The Morgan fingerprint density at radius 1 is 1.29 bits per heavy atom. The van der Waals surface area contributed by atoms with E-state index in [1.807, 2.05) is 0 Å². The van der Waals surface area contributed by atoms with Crippen LogP contribution in [0.25, 0.3) is 0 Å². The third kappa shape index (κ3) is 2.58. The van der Waals surface area contributed by atoms with Crippen molar-refractivity contribution in [2.45, 2.75) is 46.1 Å². The fourth-order valence-electron chi connectivity index (χ4n) is 2.86. The summed E-state index contributed by atoms with van der Waals surface area (Å²) in [4.78, 5) is 12.5. The Bertz CT molecular complexity index is 601. The fourth-order valence-corrected chi connectivity index (χ4v) is 2.86. The Morgan fingerprint density at radius 3 is 2.33 bits per heavy atom. The minimum absolute atomic E-state index is 0.357. The fraction of sp³-hybridized carbons (Fsp3) is 0.533. The highest BCUT2D eigenvalue weighted by molar-refractivity contribution is 6.04. The zero-order valence-corrected chi connectivity index (χ0v) is 12.0. The molecule has 2 N–H and O–H groups in total. The van der Waals surface area contributed by atoms with Gasteiger partial charge in [-0.1, -0.05) is 19.9 Å². The summed E-state index contributed by atoms with van der Waals surface area (Å²) in [6.45, 7) is 4.79. The lowest BCUT2D eigenvalue weighted by atomic mass is 9.70. The van der Waals surface area contributed by atoms with Crippen LogP contribution in [0.5, 0.6) is 0 Å². The van der Waals surface area contributed by atoms with Gasteiger partial charge in [0.25, 0.3) is 0 Å². The van der Waals surface area contributed by atoms with Gasteiger partial charge in [-0.05, 0) is 30.9 Å². The van der Waals surface area contributed by atoms with Crippen LogP contribution in [-0.4, -0.2) is 16.0 Å². The molecule has 1 aliphatic carbocycles. The number of alkyl halides is 3. The monoisotopic (exact) mass is 302 g/mol. The Kier molecular flexibility index (Phi) is 3.66. The number of fused-ring (bicyclic) bond motifs is 1. The average molecular weight is 302 g/mol. The first-order valence-electron chi connectivity index (χ1n) is 6.61. The summed E-state index contributed by atoms with van der Waals surface area (Å²) < 4.78 is 40.1. The van der Waals surface area contributed by atoms with Gasteiger partial charge >= 0.3 is 6.18 Å². The maximum Gasteiger partial charge on any atom is 0.417 e. The van der Waals surface area contributed by atoms with E-state index in [9.17, 15) is 28.2 Å². The number of hydrogen-bond acceptors (Lipinski definition) is 3. The summed E-state index contributed by atoms with van der Waals surface area (Å²) in [6.07, 6.45) is -6.26. The highest BCUT2D eigenvalue weighted by Crippen LogP contribution is 2.45. The molecule has 2 rings (SSSR count). The van der Waals surface area contributed by atoms with Crippen LogP contribution in [-0.2, 0) is 12.6 Å². The molecule has 0 bridgehead atoms. The Morgan fingerprint density at radius 2 is 1.86 bits per heavy atom. The lowest BCUT2D eigenvalue weighted by molar-refractivity contribution is -0.143. The predicted molar refractivity (Wildman–Crippen MR) is 69.8 cm³/mol. The average Bonchev–Trinajstić information content (AvgIpc) is 2.32. The second kappa shape index (κ2) is 4.81. The number of Topliss-reactive ketones (excluding diaryl/α,β-unsaturated/α-hetero) is 1. The Balaban J connectivity index is 2.88. The number of hydrogen-bond donors (Lipinski definition) is 2. The molecule has 0 atom stereocenters. The normalized spacial score (nSPS) is 18.0. The Labute approximate surface area is 120 Å². The van der Waals surface area contributed by atoms with Crippen molar-refractivity contribution < 1.29 is 28.2 Å². The molecular formula is C15H17F3O3. The van der Waals surface area contributed by atoms with Gasteiger partial charge in [0, 0.05) is 16.5 Å². The first-order valence-corrected chi connectivity index (χ1v) is 6.61. The molecule has 0 fully saturated rings. The summed E-state index contributed by atoms with van der Waals surface area (Å²) in [6, 6.07) is 1.11. The number of rotatable bonds is 1. The summed E-state index contributed by atoms with van der Waals surface area (Å²) in [7, 11) is 0. The van der Waals surface area contributed by atoms with Crippen molar-refractivity contribution in [2.24, 2.45) is 5.41 Å². The van der Waals surface area contributed by atoms with Gasteiger partial charge in [-0.2, -0.15) is 13.2 Å². The van der Waals surface area contributed by atoms with Gasteiger partial charge in [0.1, 0.15) is 0 Å². The standard InChI is InChI=1S/C15H17F3O3/c1-7-6-9(13(20)21)11(15(16,17)18)10-8(7)4-5-14(2,3)12(10)19/h6,13,20-21H,4-5H2,1-3H3. The molecule has 1 aliphatic rings. The second-order valence-corrected chi connectivity index (χ2v) is 6.10. The molecule has 0 unspecified atom stereocenters. The lowest BCUT2D eigenvalue weighted by Gasteiger charge is -2.33. The van der Waals surface area contributed by atoms with Gasteiger partial charge in [-0.3, -0.25) is 4.79 Å². The molecule has 0 saturated heterocycles. The smallest absolute Gasteiger partial charge is 0.364 e. The number of benzene rings is 1. The second-order valence-electron chi connectivity index (χ2n) is 6.10. The molecular weight excluding hydrogens is 285 g/mol. The van der Waals surface area contributed by atoms with Crippen LogP contribution in [0, 0.1) is 12.3 Å². The van der Waals surface area contributed by atoms with Gasteiger partial charge in [-0.15, -0.1) is 0 Å². The largest absolute Gasteiger partial charge is 0.417 e. The first-order chi connectivity index (χ1) is 9.47. The van der Waals surface area contributed by atoms with Crippen LogP contribution >= 0.6 is 0 Å². The summed E-state index contributed by atoms with van der Waals surface area (Å²) in [5, 5.41) is 18.5. The molecule has 0 saturated carbocycles. The van der Waals surface area contributed by atoms with Crippen LogP contribution < -0.4 is 0 Å². The van der Waals surface area contributed by atoms with Crippen molar-refractivity contribution in [2.75, 3.05) is 0 Å². The van der Waals surface area contributed by atoms with Crippen molar-refractivity contribution in [1.82, 2.24) is 0 Å². The van der Waals surface area contributed by atoms with Gasteiger partial charge in [0.2, 0.25) is 0 Å². The Hall–Kier alpha value is -1.40. The molecule has 0 amide bonds. The van der Waals surface area contributed by atoms with E-state index in [-0.39, 0.29) is 0 Å². The minimum Gasteiger partial charge on any atom is -0.364 e. The first kappa shape index (κ1) is 16.0.